The first kappa shape index (κ1) is 28.0. The van der Waals surface area contributed by atoms with E-state index in [1.54, 1.807) is 25.2 Å². The minimum absolute atomic E-state index is 0.171. The summed E-state index contributed by atoms with van der Waals surface area (Å²) in [6, 6.07) is 11.2. The third kappa shape index (κ3) is 5.44. The summed E-state index contributed by atoms with van der Waals surface area (Å²) in [5.74, 6) is 2.50. The normalized spacial score (nSPS) is 30.8. The van der Waals surface area contributed by atoms with Crippen LogP contribution >= 0.6 is 11.6 Å². The molecule has 2 bridgehead atoms. The van der Waals surface area contributed by atoms with Crippen molar-refractivity contribution < 1.29 is 24.0 Å². The van der Waals surface area contributed by atoms with Gasteiger partial charge in [-0.1, -0.05) is 35.9 Å². The molecule has 1 aliphatic carbocycles. The van der Waals surface area contributed by atoms with Crippen LogP contribution in [0.2, 0.25) is 5.02 Å². The van der Waals surface area contributed by atoms with Crippen LogP contribution in [-0.4, -0.2) is 69.6 Å². The molecule has 0 radical (unpaired) electrons. The Bertz CT molecular complexity index is 1390. The second-order valence-electron chi connectivity index (χ2n) is 11.2. The molecule has 2 aliphatic heterocycles. The number of carboxylic acid groups (broad SMARTS) is 1. The highest BCUT2D eigenvalue weighted by molar-refractivity contribution is 7.98. The van der Waals surface area contributed by atoms with Crippen molar-refractivity contribution in [2.75, 3.05) is 43.9 Å². The van der Waals surface area contributed by atoms with Crippen molar-refractivity contribution in [3.8, 4) is 5.75 Å². The third-order valence-corrected chi connectivity index (χ3v) is 10.8. The number of fused-ring (bicyclic) bond motifs is 3. The molecule has 0 saturated carbocycles. The number of aliphatic carboxylic acids is 1. The minimum Gasteiger partial charge on any atom is -0.490 e. The number of carboxylic acids is 1. The Labute approximate surface area is 236 Å². The number of hydrogen-bond acceptors (Lipinski definition) is 5. The summed E-state index contributed by atoms with van der Waals surface area (Å²) in [7, 11) is -1.45. The SMILES string of the molecule is C=S1(=O)C[C@@](O)(C(=O)O)c2ccc3c(c2)N(CCCC/C=C/CN1C)C[C@@]1(CCCc2cc(Cl)ccc21)CO3. The van der Waals surface area contributed by atoms with Gasteiger partial charge in [-0.25, -0.2) is 9.10 Å². The lowest BCUT2D eigenvalue weighted by molar-refractivity contribution is -0.157. The lowest BCUT2D eigenvalue weighted by Gasteiger charge is -2.41. The van der Waals surface area contributed by atoms with E-state index in [1.807, 2.05) is 12.1 Å². The number of rotatable bonds is 1. The van der Waals surface area contributed by atoms with E-state index >= 15 is 0 Å². The van der Waals surface area contributed by atoms with Gasteiger partial charge in [0.1, 0.15) is 5.75 Å². The lowest BCUT2D eigenvalue weighted by atomic mass is 9.70. The topological polar surface area (TPSA) is 90.3 Å². The predicted octanol–water partition coefficient (Wildman–Crippen LogP) is 4.39. The van der Waals surface area contributed by atoms with Crippen molar-refractivity contribution in [2.24, 2.45) is 0 Å². The number of likely N-dealkylation sites (N-methyl/N-ethyl adjacent to an activating group) is 1. The Hall–Kier alpha value is -2.52. The van der Waals surface area contributed by atoms with Gasteiger partial charge in [0, 0.05) is 39.8 Å². The molecule has 3 atom stereocenters. The maximum atomic E-state index is 13.5. The number of ether oxygens (including phenoxy) is 1. The van der Waals surface area contributed by atoms with Crippen molar-refractivity contribution in [1.82, 2.24) is 4.31 Å². The molecule has 3 aliphatic rings. The van der Waals surface area contributed by atoms with E-state index in [4.69, 9.17) is 16.3 Å². The van der Waals surface area contributed by atoms with Crippen molar-refractivity contribution in [3.63, 3.8) is 0 Å². The Morgan fingerprint density at radius 2 is 1.97 bits per heavy atom. The maximum Gasteiger partial charge on any atom is 0.341 e. The van der Waals surface area contributed by atoms with Crippen LogP contribution in [0.3, 0.4) is 0 Å². The van der Waals surface area contributed by atoms with Gasteiger partial charge in [-0.2, -0.15) is 0 Å². The zero-order valence-corrected chi connectivity index (χ0v) is 24.0. The van der Waals surface area contributed by atoms with Gasteiger partial charge >= 0.3 is 5.97 Å². The number of aliphatic hydroxyl groups is 1. The Morgan fingerprint density at radius 1 is 1.15 bits per heavy atom. The number of allylic oxidation sites excluding steroid dienone is 1. The molecule has 1 unspecified atom stereocenters. The van der Waals surface area contributed by atoms with Gasteiger partial charge in [-0.15, -0.1) is 0 Å². The monoisotopic (exact) mass is 572 g/mol. The predicted molar refractivity (Wildman–Crippen MR) is 158 cm³/mol. The molecule has 39 heavy (non-hydrogen) atoms. The zero-order chi connectivity index (χ0) is 27.8. The first-order valence-electron chi connectivity index (χ1n) is 13.5. The van der Waals surface area contributed by atoms with Crippen LogP contribution in [0.25, 0.3) is 0 Å². The summed E-state index contributed by atoms with van der Waals surface area (Å²) in [6.45, 7) is 2.31. The van der Waals surface area contributed by atoms with Crippen LogP contribution in [-0.2, 0) is 31.9 Å². The molecule has 9 heteroatoms. The average molecular weight is 573 g/mol. The maximum absolute atomic E-state index is 13.5. The molecule has 0 aromatic heterocycles. The fourth-order valence-electron chi connectivity index (χ4n) is 6.15. The smallest absolute Gasteiger partial charge is 0.341 e. The number of hydrogen-bond donors (Lipinski definition) is 2. The Morgan fingerprint density at radius 3 is 2.77 bits per heavy atom. The molecule has 5 rings (SSSR count). The number of benzene rings is 2. The number of halogens is 1. The summed E-state index contributed by atoms with van der Waals surface area (Å²) in [5.41, 5.74) is 0.807. The van der Waals surface area contributed by atoms with Crippen LogP contribution in [0.1, 0.15) is 48.8 Å². The van der Waals surface area contributed by atoms with E-state index in [0.717, 1.165) is 55.8 Å². The summed E-state index contributed by atoms with van der Waals surface area (Å²) in [6.07, 6.45) is 9.77. The molecule has 2 N–H and O–H groups in total. The molecular formula is C30H37ClN2O5S. The van der Waals surface area contributed by atoms with Gasteiger partial charge in [-0.05, 0) is 92.4 Å². The molecule has 0 saturated heterocycles. The van der Waals surface area contributed by atoms with E-state index in [-0.39, 0.29) is 11.0 Å². The van der Waals surface area contributed by atoms with E-state index in [0.29, 0.717) is 25.4 Å². The molecule has 0 amide bonds. The largest absolute Gasteiger partial charge is 0.490 e. The average Bonchev–Trinajstić information content (AvgIpc) is 3.04. The second-order valence-corrected chi connectivity index (χ2v) is 14.1. The molecular weight excluding hydrogens is 536 g/mol. The van der Waals surface area contributed by atoms with E-state index < -0.39 is 27.0 Å². The van der Waals surface area contributed by atoms with Gasteiger partial charge in [0.05, 0.1) is 18.0 Å². The molecule has 210 valence electrons. The van der Waals surface area contributed by atoms with Crippen LogP contribution < -0.4 is 9.64 Å². The number of carbonyl (C=O) groups is 1. The van der Waals surface area contributed by atoms with Crippen molar-refractivity contribution in [3.05, 3.63) is 70.3 Å². The van der Waals surface area contributed by atoms with E-state index in [9.17, 15) is 19.2 Å². The Kier molecular flexibility index (Phi) is 7.76. The summed E-state index contributed by atoms with van der Waals surface area (Å²) >= 11 is 6.35. The first-order valence-corrected chi connectivity index (χ1v) is 15.8. The fourth-order valence-corrected chi connectivity index (χ4v) is 7.87. The van der Waals surface area contributed by atoms with Crippen LogP contribution in [0.5, 0.6) is 5.75 Å². The zero-order valence-electron chi connectivity index (χ0n) is 22.4. The van der Waals surface area contributed by atoms with Crippen molar-refractivity contribution >= 4 is 38.8 Å². The van der Waals surface area contributed by atoms with Gasteiger partial charge in [0.2, 0.25) is 0 Å². The van der Waals surface area contributed by atoms with Crippen LogP contribution in [0.4, 0.5) is 5.69 Å². The first-order chi connectivity index (χ1) is 18.5. The fraction of sp³-hybridized carbons (Fsp3) is 0.467. The number of anilines is 1. The Balaban J connectivity index is 1.61. The molecule has 0 fully saturated rings. The molecule has 7 nitrogen and oxygen atoms in total. The third-order valence-electron chi connectivity index (χ3n) is 8.45. The lowest BCUT2D eigenvalue weighted by Crippen LogP contribution is -2.46. The summed E-state index contributed by atoms with van der Waals surface area (Å²) < 4.78 is 21.5. The van der Waals surface area contributed by atoms with E-state index in [1.165, 1.54) is 15.4 Å². The van der Waals surface area contributed by atoms with Crippen molar-refractivity contribution in [2.45, 2.75) is 49.5 Å². The summed E-state index contributed by atoms with van der Waals surface area (Å²) in [5, 5.41) is 22.5. The number of aryl methyl sites for hydroxylation is 1. The quantitative estimate of drug-likeness (QED) is 0.389. The highest BCUT2D eigenvalue weighted by Gasteiger charge is 2.44. The standard InChI is InChI=1S/C30H37ClN2O5S/c1-32-15-6-4-3-5-7-16-33-19-29(14-8-9-22-17-24(31)11-12-25(22)29)20-38-27-13-10-23(18-26(27)33)30(36,28(34)35)21-39(32,2)37/h4,6,10-13,17-18,36H,2-3,5,7-9,14-16,19-21H2,1H3,(H,34,35)/b6-4+/t29-,30-,39?/m0/s1. The van der Waals surface area contributed by atoms with Gasteiger partial charge in [0.15, 0.2) is 5.60 Å². The number of nitrogens with zero attached hydrogens (tertiary/aromatic N) is 2. The van der Waals surface area contributed by atoms with Gasteiger partial charge in [0.25, 0.3) is 0 Å². The highest BCUT2D eigenvalue weighted by Crippen LogP contribution is 2.45. The summed E-state index contributed by atoms with van der Waals surface area (Å²) in [4.78, 5) is 14.8. The van der Waals surface area contributed by atoms with E-state index in [2.05, 4.69) is 29.0 Å². The molecule has 1 spiro atoms. The van der Waals surface area contributed by atoms with Gasteiger partial charge in [-0.3, -0.25) is 4.21 Å². The minimum atomic E-state index is -3.09. The molecule has 2 aromatic carbocycles. The van der Waals surface area contributed by atoms with Crippen LogP contribution in [0, 0.1) is 0 Å². The van der Waals surface area contributed by atoms with Gasteiger partial charge < -0.3 is 19.8 Å². The molecule has 2 aromatic rings. The van der Waals surface area contributed by atoms with Crippen molar-refractivity contribution in [1.29, 1.82) is 0 Å². The second kappa shape index (κ2) is 10.8. The van der Waals surface area contributed by atoms with Crippen LogP contribution in [0.15, 0.2) is 48.6 Å². The molecule has 2 heterocycles. The highest BCUT2D eigenvalue weighted by atomic mass is 35.5.